The van der Waals surface area contributed by atoms with E-state index in [4.69, 9.17) is 0 Å². The van der Waals surface area contributed by atoms with Gasteiger partial charge in [0, 0.05) is 6.04 Å². The van der Waals surface area contributed by atoms with Crippen molar-refractivity contribution < 1.29 is 8.42 Å². The molecule has 3 rings (SSSR count). The quantitative estimate of drug-likeness (QED) is 0.645. The maximum atomic E-state index is 13.0. The van der Waals surface area contributed by atoms with Gasteiger partial charge in [0.1, 0.15) is 0 Å². The fourth-order valence-electron chi connectivity index (χ4n) is 3.21. The van der Waals surface area contributed by atoms with E-state index in [0.717, 1.165) is 17.1 Å². The normalized spacial score (nSPS) is 18.5. The molecule has 1 aliphatic rings. The molecular weight excluding hydrogens is 406 g/mol. The maximum Gasteiger partial charge on any atom is 0.217 e. The third-order valence-corrected chi connectivity index (χ3v) is 10.6. The van der Waals surface area contributed by atoms with E-state index in [1.165, 1.54) is 12.0 Å². The summed E-state index contributed by atoms with van der Waals surface area (Å²) in [4.78, 5) is 0. The van der Waals surface area contributed by atoms with Crippen LogP contribution in [0.3, 0.4) is 0 Å². The topological polar surface area (TPSA) is 46.2 Å². The van der Waals surface area contributed by atoms with Gasteiger partial charge in [-0.1, -0.05) is 60.7 Å². The molecule has 0 radical (unpaired) electrons. The summed E-state index contributed by atoms with van der Waals surface area (Å²) in [5, 5.41) is 0. The van der Waals surface area contributed by atoms with Crippen LogP contribution in [0.25, 0.3) is 0 Å². The summed E-state index contributed by atoms with van der Waals surface area (Å²) >= 11 is 3.90. The molecule has 1 fully saturated rings. The Morgan fingerprint density at radius 3 is 2.04 bits per heavy atom. The Balaban J connectivity index is 2.00. The fourth-order valence-corrected chi connectivity index (χ4v) is 7.59. The zero-order valence-corrected chi connectivity index (χ0v) is 19.2. The number of sulfonamides is 1. The molecule has 1 atom stereocenters. The molecule has 2 aromatic carbocycles. The molecule has 28 heavy (non-hydrogen) atoms. The Bertz CT molecular complexity index is 856. The van der Waals surface area contributed by atoms with Crippen LogP contribution in [0.4, 0.5) is 0 Å². The lowest BCUT2D eigenvalue weighted by atomic mass is 9.99. The van der Waals surface area contributed by atoms with E-state index in [1.807, 2.05) is 59.9 Å². The van der Waals surface area contributed by atoms with Crippen molar-refractivity contribution in [3.8, 4) is 0 Å². The van der Waals surface area contributed by atoms with Crippen molar-refractivity contribution >= 4 is 33.5 Å². The lowest BCUT2D eigenvalue weighted by Gasteiger charge is -2.40. The van der Waals surface area contributed by atoms with Crippen molar-refractivity contribution in [3.05, 3.63) is 71.8 Å². The molecule has 1 N–H and O–H groups in total. The van der Waals surface area contributed by atoms with Gasteiger partial charge in [0.05, 0.1) is 8.83 Å². The zero-order chi connectivity index (χ0) is 20.3. The molecule has 1 aliphatic heterocycles. The number of benzene rings is 2. The SMILES string of the molecule is CC(C)(C)S(=O)(=O)N[C@@H](CC1(c2ccccc2)SCCCS1)c1ccccc1. The average molecular weight is 436 g/mol. The van der Waals surface area contributed by atoms with E-state index in [-0.39, 0.29) is 10.1 Å². The van der Waals surface area contributed by atoms with Crippen LogP contribution >= 0.6 is 23.5 Å². The van der Waals surface area contributed by atoms with Gasteiger partial charge in [0.25, 0.3) is 0 Å². The van der Waals surface area contributed by atoms with E-state index >= 15 is 0 Å². The van der Waals surface area contributed by atoms with Gasteiger partial charge in [0.15, 0.2) is 0 Å². The van der Waals surface area contributed by atoms with Crippen LogP contribution in [0.1, 0.15) is 50.8 Å². The first kappa shape index (κ1) is 21.8. The minimum Gasteiger partial charge on any atom is -0.212 e. The van der Waals surface area contributed by atoms with Crippen molar-refractivity contribution in [1.82, 2.24) is 4.72 Å². The summed E-state index contributed by atoms with van der Waals surface area (Å²) in [6, 6.07) is 20.2. The average Bonchev–Trinajstić information content (AvgIpc) is 2.68. The third kappa shape index (κ3) is 4.96. The minimum atomic E-state index is -3.47. The van der Waals surface area contributed by atoms with Gasteiger partial charge in [-0.05, 0) is 56.2 Å². The third-order valence-electron chi connectivity index (χ3n) is 4.95. The molecular formula is C22H29NO2S3. The highest BCUT2D eigenvalue weighted by molar-refractivity contribution is 8.18. The lowest BCUT2D eigenvalue weighted by molar-refractivity contribution is 0.504. The predicted molar refractivity (Wildman–Crippen MR) is 123 cm³/mol. The van der Waals surface area contributed by atoms with E-state index in [0.29, 0.717) is 6.42 Å². The molecule has 0 aliphatic carbocycles. The largest absolute Gasteiger partial charge is 0.217 e. The van der Waals surface area contributed by atoms with Crippen molar-refractivity contribution in [3.63, 3.8) is 0 Å². The summed E-state index contributed by atoms with van der Waals surface area (Å²) < 4.78 is 28.0. The van der Waals surface area contributed by atoms with Gasteiger partial charge in [-0.3, -0.25) is 0 Å². The number of rotatable bonds is 6. The first-order valence-corrected chi connectivity index (χ1v) is 13.1. The Kier molecular flexibility index (Phi) is 6.85. The van der Waals surface area contributed by atoms with Gasteiger partial charge in [-0.15, -0.1) is 23.5 Å². The summed E-state index contributed by atoms with van der Waals surface area (Å²) in [5.41, 5.74) is 2.28. The van der Waals surface area contributed by atoms with Gasteiger partial charge >= 0.3 is 0 Å². The first-order chi connectivity index (χ1) is 13.2. The van der Waals surface area contributed by atoms with Crippen molar-refractivity contribution in [2.75, 3.05) is 11.5 Å². The van der Waals surface area contributed by atoms with E-state index in [2.05, 4.69) is 29.0 Å². The van der Waals surface area contributed by atoms with Gasteiger partial charge in [-0.2, -0.15) is 0 Å². The zero-order valence-electron chi connectivity index (χ0n) is 16.7. The monoisotopic (exact) mass is 435 g/mol. The Morgan fingerprint density at radius 1 is 0.964 bits per heavy atom. The lowest BCUT2D eigenvalue weighted by Crippen LogP contribution is -2.43. The van der Waals surface area contributed by atoms with Crippen LogP contribution in [-0.4, -0.2) is 24.7 Å². The highest BCUT2D eigenvalue weighted by Crippen LogP contribution is 2.55. The Hall–Kier alpha value is -0.950. The molecule has 0 saturated carbocycles. The molecule has 0 spiro atoms. The molecule has 1 heterocycles. The second-order valence-corrected chi connectivity index (χ2v) is 13.6. The molecule has 0 amide bonds. The standard InChI is InChI=1S/C22H29NO2S3/c1-21(2,3)28(24,25)23-20(18-11-6-4-7-12-18)17-22(26-15-10-16-27-22)19-13-8-5-9-14-19/h4-9,11-14,20,23H,10,15-17H2,1-3H3/t20-/m0/s1. The van der Waals surface area contributed by atoms with E-state index in [1.54, 1.807) is 20.8 Å². The molecule has 1 saturated heterocycles. The van der Waals surface area contributed by atoms with Crippen molar-refractivity contribution in [2.24, 2.45) is 0 Å². The summed E-state index contributed by atoms with van der Waals surface area (Å²) in [5.74, 6) is 2.19. The molecule has 2 aromatic rings. The van der Waals surface area contributed by atoms with Crippen molar-refractivity contribution in [2.45, 2.75) is 48.5 Å². The van der Waals surface area contributed by atoms with Gasteiger partial charge in [0.2, 0.25) is 10.0 Å². The fraction of sp³-hybridized carbons (Fsp3) is 0.455. The number of hydrogen-bond donors (Lipinski definition) is 1. The first-order valence-electron chi connectivity index (χ1n) is 9.64. The maximum absolute atomic E-state index is 13.0. The number of hydrogen-bond acceptors (Lipinski definition) is 4. The molecule has 0 aromatic heterocycles. The van der Waals surface area contributed by atoms with Crippen LogP contribution in [-0.2, 0) is 14.1 Å². The molecule has 0 unspecified atom stereocenters. The summed E-state index contributed by atoms with van der Waals surface area (Å²) in [6.07, 6.45) is 1.90. The van der Waals surface area contributed by atoms with Crippen LogP contribution in [0, 0.1) is 0 Å². The van der Waals surface area contributed by atoms with Crippen LogP contribution < -0.4 is 4.72 Å². The van der Waals surface area contributed by atoms with E-state index in [9.17, 15) is 8.42 Å². The molecule has 0 bridgehead atoms. The highest BCUT2D eigenvalue weighted by Gasteiger charge is 2.40. The smallest absolute Gasteiger partial charge is 0.212 e. The van der Waals surface area contributed by atoms with Crippen LogP contribution in [0.15, 0.2) is 60.7 Å². The Morgan fingerprint density at radius 2 is 1.50 bits per heavy atom. The Labute approximate surface area is 178 Å². The minimum absolute atomic E-state index is 0.152. The van der Waals surface area contributed by atoms with Crippen LogP contribution in [0.2, 0.25) is 0 Å². The van der Waals surface area contributed by atoms with Gasteiger partial charge in [-0.25, -0.2) is 13.1 Å². The highest BCUT2D eigenvalue weighted by atomic mass is 32.2. The molecule has 152 valence electrons. The number of nitrogens with one attached hydrogen (secondary N) is 1. The molecule has 6 heteroatoms. The van der Waals surface area contributed by atoms with Crippen molar-refractivity contribution in [1.29, 1.82) is 0 Å². The van der Waals surface area contributed by atoms with E-state index < -0.39 is 14.8 Å². The predicted octanol–water partition coefficient (Wildman–Crippen LogP) is 5.56. The van der Waals surface area contributed by atoms with Gasteiger partial charge < -0.3 is 0 Å². The summed E-state index contributed by atoms with van der Waals surface area (Å²) in [7, 11) is -3.47. The molecule has 3 nitrogen and oxygen atoms in total. The number of thioether (sulfide) groups is 2. The summed E-state index contributed by atoms with van der Waals surface area (Å²) in [6.45, 7) is 5.23. The second-order valence-electron chi connectivity index (χ2n) is 8.07. The van der Waals surface area contributed by atoms with Crippen LogP contribution in [0.5, 0.6) is 0 Å². The second kappa shape index (κ2) is 8.82.